The molecule has 5 nitrogen and oxygen atoms in total. The third-order valence-corrected chi connectivity index (χ3v) is 10.4. The molecule has 1 spiro atoms. The van der Waals surface area contributed by atoms with Crippen LogP contribution in [0.5, 0.6) is 0 Å². The van der Waals surface area contributed by atoms with Crippen molar-refractivity contribution in [2.45, 2.75) is 70.3 Å². The van der Waals surface area contributed by atoms with Crippen LogP contribution in [-0.4, -0.2) is 33.3 Å². The summed E-state index contributed by atoms with van der Waals surface area (Å²) in [7, 11) is 0. The number of carbonyl (C=O) groups is 1. The van der Waals surface area contributed by atoms with Gasteiger partial charge in [0.2, 0.25) is 0 Å². The lowest BCUT2D eigenvalue weighted by Crippen LogP contribution is -2.36. The lowest BCUT2D eigenvalue weighted by atomic mass is 9.67. The minimum absolute atomic E-state index is 0.115. The van der Waals surface area contributed by atoms with Gasteiger partial charge in [-0.05, 0) is 87.2 Å². The second-order valence-electron chi connectivity index (χ2n) is 12.3. The van der Waals surface area contributed by atoms with Crippen LogP contribution in [-0.2, 0) is 12.0 Å². The fourth-order valence-corrected chi connectivity index (χ4v) is 8.17. The van der Waals surface area contributed by atoms with Gasteiger partial charge in [-0.25, -0.2) is 0 Å². The Kier molecular flexibility index (Phi) is 6.55. The average molecular weight is 554 g/mol. The van der Waals surface area contributed by atoms with Crippen molar-refractivity contribution >= 4 is 34.0 Å². The molecule has 1 aromatic heterocycles. The molecule has 0 N–H and O–H groups in total. The molecule has 206 valence electrons. The Balaban J connectivity index is 1.14. The smallest absolute Gasteiger partial charge is 0.282 e. The zero-order valence-electron chi connectivity index (χ0n) is 23.2. The normalized spacial score (nSPS) is 22.6. The molecule has 2 fully saturated rings. The second kappa shape index (κ2) is 10.1. The van der Waals surface area contributed by atoms with Crippen LogP contribution in [0.1, 0.15) is 80.0 Å². The first-order valence-corrected chi connectivity index (χ1v) is 15.3. The van der Waals surface area contributed by atoms with E-state index >= 15 is 0 Å². The molecule has 2 aromatic carbocycles. The Hall–Kier alpha value is -3.02. The predicted octanol–water partition coefficient (Wildman–Crippen LogP) is 7.17. The molecule has 0 radical (unpaired) electrons. The first-order chi connectivity index (χ1) is 19.4. The Morgan fingerprint density at radius 2 is 1.80 bits per heavy atom. The Morgan fingerprint density at radius 1 is 1.05 bits per heavy atom. The molecule has 2 aliphatic carbocycles. The highest BCUT2D eigenvalue weighted by atomic mass is 35.5. The quantitative estimate of drug-likeness (QED) is 0.321. The van der Waals surface area contributed by atoms with E-state index in [9.17, 15) is 9.59 Å². The number of piperidine rings is 1. The largest absolute Gasteiger partial charge is 0.300 e. The van der Waals surface area contributed by atoms with E-state index in [4.69, 9.17) is 16.6 Å². The monoisotopic (exact) mass is 553 g/mol. The predicted molar refractivity (Wildman–Crippen MR) is 161 cm³/mol. The van der Waals surface area contributed by atoms with E-state index in [2.05, 4.69) is 39.8 Å². The first kappa shape index (κ1) is 25.9. The number of hydrogen-bond donors (Lipinski definition) is 0. The van der Waals surface area contributed by atoms with Gasteiger partial charge in [-0.3, -0.25) is 14.5 Å². The van der Waals surface area contributed by atoms with Gasteiger partial charge in [-0.15, -0.1) is 0 Å². The highest BCUT2D eigenvalue weighted by Crippen LogP contribution is 2.55. The number of allylic oxidation sites excluding steroid dienone is 4. The minimum atomic E-state index is -0.194. The zero-order chi connectivity index (χ0) is 27.4. The maximum atomic E-state index is 13.2. The number of hydrogen-bond acceptors (Lipinski definition) is 4. The molecule has 3 aromatic rings. The van der Waals surface area contributed by atoms with Crippen LogP contribution in [0.3, 0.4) is 0 Å². The van der Waals surface area contributed by atoms with E-state index < -0.39 is 0 Å². The average Bonchev–Trinajstić information content (AvgIpc) is 3.22. The molecule has 4 aliphatic rings. The first-order valence-electron chi connectivity index (χ1n) is 14.9. The van der Waals surface area contributed by atoms with Gasteiger partial charge in [0.25, 0.3) is 5.56 Å². The summed E-state index contributed by atoms with van der Waals surface area (Å²) in [6.07, 6.45) is 14.0. The molecule has 1 saturated carbocycles. The van der Waals surface area contributed by atoms with Crippen molar-refractivity contribution in [1.29, 1.82) is 0 Å². The molecule has 1 unspecified atom stereocenters. The molecule has 1 atom stereocenters. The second-order valence-corrected chi connectivity index (χ2v) is 12.7. The van der Waals surface area contributed by atoms with Gasteiger partial charge in [0.1, 0.15) is 5.82 Å². The van der Waals surface area contributed by atoms with Crippen LogP contribution in [0.2, 0.25) is 5.02 Å². The highest BCUT2D eigenvalue weighted by molar-refractivity contribution is 6.35. The zero-order valence-corrected chi connectivity index (χ0v) is 23.9. The van der Waals surface area contributed by atoms with E-state index in [1.807, 2.05) is 18.2 Å². The molecule has 7 rings (SSSR count). The fraction of sp³-hybridized carbons (Fsp3) is 0.441. The van der Waals surface area contributed by atoms with E-state index in [0.29, 0.717) is 22.2 Å². The summed E-state index contributed by atoms with van der Waals surface area (Å²) in [5, 5.41) is 1.03. The van der Waals surface area contributed by atoms with Crippen molar-refractivity contribution in [2.75, 3.05) is 13.1 Å². The van der Waals surface area contributed by atoms with Crippen molar-refractivity contribution in [2.24, 2.45) is 11.8 Å². The van der Waals surface area contributed by atoms with Crippen molar-refractivity contribution in [1.82, 2.24) is 14.5 Å². The summed E-state index contributed by atoms with van der Waals surface area (Å²) in [6.45, 7) is 4.72. The molecule has 0 amide bonds. The number of ketones is 1. The lowest BCUT2D eigenvalue weighted by molar-refractivity contribution is 0.101. The van der Waals surface area contributed by atoms with E-state index in [1.165, 1.54) is 48.9 Å². The number of carbonyl (C=O) groups excluding carboxylic acids is 1. The summed E-state index contributed by atoms with van der Waals surface area (Å²) >= 11 is 6.56. The molecule has 0 bridgehead atoms. The van der Waals surface area contributed by atoms with Gasteiger partial charge >= 0.3 is 0 Å². The third kappa shape index (κ3) is 4.21. The van der Waals surface area contributed by atoms with Crippen molar-refractivity contribution in [3.8, 4) is 0 Å². The number of aromatic nitrogens is 2. The molecule has 3 heterocycles. The van der Waals surface area contributed by atoms with Crippen LogP contribution in [0.4, 0.5) is 0 Å². The number of halogens is 1. The number of fused-ring (bicyclic) bond motifs is 6. The van der Waals surface area contributed by atoms with Gasteiger partial charge < -0.3 is 4.57 Å². The number of nitrogens with zero attached hydrogens (tertiary/aromatic N) is 3. The molecular formula is C34H36ClN3O2. The SMILES string of the molecule is CC(=O)c1ccc(CN2CCC(C3C=CC4=C(C3)n3c(nc(=O)c5c(Cl)cccc53)C43CCCCC3)CC2)cc1. The van der Waals surface area contributed by atoms with Gasteiger partial charge in [0.15, 0.2) is 5.78 Å². The van der Waals surface area contributed by atoms with Crippen molar-refractivity contribution in [3.63, 3.8) is 0 Å². The number of rotatable bonds is 4. The summed E-state index contributed by atoms with van der Waals surface area (Å²) in [6, 6.07) is 13.9. The number of benzene rings is 2. The van der Waals surface area contributed by atoms with Gasteiger partial charge in [0, 0.05) is 17.8 Å². The molecule has 40 heavy (non-hydrogen) atoms. The van der Waals surface area contributed by atoms with Gasteiger partial charge in [-0.2, -0.15) is 4.98 Å². The van der Waals surface area contributed by atoms with E-state index in [0.717, 1.165) is 55.8 Å². The van der Waals surface area contributed by atoms with Crippen LogP contribution >= 0.6 is 11.6 Å². The molecule has 1 saturated heterocycles. The summed E-state index contributed by atoms with van der Waals surface area (Å²) in [5.74, 6) is 2.18. The fourth-order valence-electron chi connectivity index (χ4n) is 7.92. The van der Waals surface area contributed by atoms with Crippen molar-refractivity contribution in [3.05, 3.63) is 92.5 Å². The number of likely N-dealkylation sites (tertiary alicyclic amines) is 1. The summed E-state index contributed by atoms with van der Waals surface area (Å²) in [5.41, 5.74) is 5.36. The van der Waals surface area contributed by atoms with Crippen LogP contribution in [0, 0.1) is 11.8 Å². The van der Waals surface area contributed by atoms with E-state index in [-0.39, 0.29) is 16.8 Å². The van der Waals surface area contributed by atoms with E-state index in [1.54, 1.807) is 13.0 Å². The molecule has 6 heteroatoms. The number of Topliss-reactive ketones (excluding diaryl/α,β-unsaturated/α-hetero) is 1. The maximum absolute atomic E-state index is 13.2. The minimum Gasteiger partial charge on any atom is -0.300 e. The Bertz CT molecular complexity index is 1600. The van der Waals surface area contributed by atoms with Crippen LogP contribution < -0.4 is 5.56 Å². The Labute approximate surface area is 240 Å². The van der Waals surface area contributed by atoms with Crippen molar-refractivity contribution < 1.29 is 4.79 Å². The summed E-state index contributed by atoms with van der Waals surface area (Å²) in [4.78, 5) is 32.2. The van der Waals surface area contributed by atoms with Gasteiger partial charge in [-0.1, -0.05) is 73.3 Å². The lowest BCUT2D eigenvalue weighted by Gasteiger charge is -2.38. The Morgan fingerprint density at radius 3 is 2.52 bits per heavy atom. The molecule has 2 aliphatic heterocycles. The third-order valence-electron chi connectivity index (χ3n) is 10.0. The maximum Gasteiger partial charge on any atom is 0.282 e. The van der Waals surface area contributed by atoms with Crippen LogP contribution in [0.15, 0.2) is 65.0 Å². The summed E-state index contributed by atoms with van der Waals surface area (Å²) < 4.78 is 2.33. The molecular weight excluding hydrogens is 518 g/mol. The van der Waals surface area contributed by atoms with Crippen LogP contribution in [0.25, 0.3) is 16.6 Å². The topological polar surface area (TPSA) is 55.2 Å². The van der Waals surface area contributed by atoms with Gasteiger partial charge in [0.05, 0.1) is 21.3 Å². The highest BCUT2D eigenvalue weighted by Gasteiger charge is 2.48. The standard InChI is InChI=1S/C34H36ClN3O2/c1-22(39)24-10-8-23(9-11-24)21-37-18-14-25(15-19-37)26-12-13-27-30(20-26)38-29-7-5-6-28(35)31(29)32(40)36-33(38)34(27)16-3-2-4-17-34/h5-13,25-26H,2-4,14-21H2,1H3.